The number of anilines is 1. The summed E-state index contributed by atoms with van der Waals surface area (Å²) >= 11 is 3.45. The maximum absolute atomic E-state index is 12.0. The molecule has 0 aromatic heterocycles. The second-order valence-corrected chi connectivity index (χ2v) is 5.80. The molecule has 98 valence electrons. The van der Waals surface area contributed by atoms with E-state index in [0.717, 1.165) is 15.7 Å². The molecule has 1 aromatic rings. The highest BCUT2D eigenvalue weighted by Gasteiger charge is 2.40. The van der Waals surface area contributed by atoms with E-state index >= 15 is 0 Å². The third-order valence-corrected chi connectivity index (χ3v) is 3.66. The molecule has 0 aliphatic carbocycles. The zero-order valence-electron chi connectivity index (χ0n) is 10.4. The van der Waals surface area contributed by atoms with Gasteiger partial charge in [0.15, 0.2) is 0 Å². The number of amides is 1. The van der Waals surface area contributed by atoms with Crippen LogP contribution in [0.1, 0.15) is 19.4 Å². The first kappa shape index (κ1) is 13.3. The first-order valence-electron chi connectivity index (χ1n) is 5.64. The van der Waals surface area contributed by atoms with E-state index in [2.05, 4.69) is 21.4 Å². The summed E-state index contributed by atoms with van der Waals surface area (Å²) in [5.41, 5.74) is 3.91. The smallest absolute Gasteiger partial charge is 0.254 e. The van der Waals surface area contributed by atoms with Gasteiger partial charge in [0.05, 0.1) is 18.6 Å². The molecule has 6 heteroatoms. The van der Waals surface area contributed by atoms with Gasteiger partial charge in [-0.1, -0.05) is 22.0 Å². The number of hydrogen-bond donors (Lipinski definition) is 2. The number of nitrogen functional groups attached to an aromatic ring is 1. The van der Waals surface area contributed by atoms with Crippen molar-refractivity contribution in [2.45, 2.75) is 20.4 Å². The van der Waals surface area contributed by atoms with Crippen LogP contribution in [-0.2, 0) is 16.2 Å². The van der Waals surface area contributed by atoms with Crippen LogP contribution in [0, 0.1) is 5.41 Å². The average Bonchev–Trinajstić information content (AvgIpc) is 2.58. The Labute approximate surface area is 114 Å². The van der Waals surface area contributed by atoms with E-state index in [1.54, 1.807) is 0 Å². The van der Waals surface area contributed by atoms with Crippen LogP contribution in [0.15, 0.2) is 22.7 Å². The van der Waals surface area contributed by atoms with Gasteiger partial charge in [0.2, 0.25) is 0 Å². The van der Waals surface area contributed by atoms with E-state index in [0.29, 0.717) is 13.2 Å². The lowest BCUT2D eigenvalue weighted by Crippen LogP contribution is -2.30. The lowest BCUT2D eigenvalue weighted by atomic mass is 9.95. The van der Waals surface area contributed by atoms with Crippen LogP contribution in [0.4, 0.5) is 5.69 Å². The zero-order valence-corrected chi connectivity index (χ0v) is 12.0. The Kier molecular flexibility index (Phi) is 3.61. The molecular weight excluding hydrogens is 298 g/mol. The second kappa shape index (κ2) is 4.87. The summed E-state index contributed by atoms with van der Waals surface area (Å²) in [5, 5.41) is 1.41. The molecular formula is C12H16BrN3O2. The first-order valence-corrected chi connectivity index (χ1v) is 6.43. The standard InChI is InChI=1S/C12H16BrN3O2/c1-12(2)7-18-16(11(12)17)6-8-3-4-9(15-14)5-10(8)13/h3-5,15H,6-7,14H2,1-2H3. The van der Waals surface area contributed by atoms with Crippen LogP contribution in [0.2, 0.25) is 0 Å². The maximum atomic E-state index is 12.0. The summed E-state index contributed by atoms with van der Waals surface area (Å²) < 4.78 is 0.888. The van der Waals surface area contributed by atoms with Crippen molar-refractivity contribution in [3.05, 3.63) is 28.2 Å². The third-order valence-electron chi connectivity index (χ3n) is 2.92. The number of nitrogens with zero attached hydrogens (tertiary/aromatic N) is 1. The molecule has 1 saturated heterocycles. The number of carbonyl (C=O) groups excluding carboxylic acids is 1. The van der Waals surface area contributed by atoms with E-state index in [1.165, 1.54) is 5.06 Å². The van der Waals surface area contributed by atoms with Crippen LogP contribution in [0.25, 0.3) is 0 Å². The highest BCUT2D eigenvalue weighted by molar-refractivity contribution is 9.10. The molecule has 0 unspecified atom stereocenters. The summed E-state index contributed by atoms with van der Waals surface area (Å²) in [4.78, 5) is 17.4. The number of nitrogens with one attached hydrogen (secondary N) is 1. The molecule has 0 spiro atoms. The SMILES string of the molecule is CC1(C)CON(Cc2ccc(NN)cc2Br)C1=O. The van der Waals surface area contributed by atoms with Gasteiger partial charge >= 0.3 is 0 Å². The lowest BCUT2D eigenvalue weighted by molar-refractivity contribution is -0.165. The fraction of sp³-hybridized carbons (Fsp3) is 0.417. The number of carbonyl (C=O) groups is 1. The number of hydroxylamine groups is 2. The molecule has 3 N–H and O–H groups in total. The monoisotopic (exact) mass is 313 g/mol. The summed E-state index contributed by atoms with van der Waals surface area (Å²) in [6.45, 7) is 4.61. The van der Waals surface area contributed by atoms with Crippen LogP contribution in [0.5, 0.6) is 0 Å². The van der Waals surface area contributed by atoms with Crippen molar-refractivity contribution in [1.82, 2.24) is 5.06 Å². The Hall–Kier alpha value is -1.11. The Morgan fingerprint density at radius 1 is 1.56 bits per heavy atom. The van der Waals surface area contributed by atoms with Crippen molar-refractivity contribution in [3.63, 3.8) is 0 Å². The number of nitrogens with two attached hydrogens (primary N) is 1. The molecule has 1 aromatic carbocycles. The van der Waals surface area contributed by atoms with Crippen molar-refractivity contribution in [3.8, 4) is 0 Å². The van der Waals surface area contributed by atoms with Gasteiger partial charge in [0, 0.05) is 10.2 Å². The number of benzene rings is 1. The molecule has 0 radical (unpaired) electrons. The molecule has 1 aliphatic heterocycles. The molecule has 0 atom stereocenters. The summed E-state index contributed by atoms with van der Waals surface area (Å²) in [7, 11) is 0. The summed E-state index contributed by atoms with van der Waals surface area (Å²) in [5.74, 6) is 5.34. The Morgan fingerprint density at radius 2 is 2.28 bits per heavy atom. The largest absolute Gasteiger partial charge is 0.324 e. The van der Waals surface area contributed by atoms with Crippen LogP contribution < -0.4 is 11.3 Å². The van der Waals surface area contributed by atoms with Gasteiger partial charge in [-0.05, 0) is 31.5 Å². The minimum Gasteiger partial charge on any atom is -0.324 e. The van der Waals surface area contributed by atoms with Crippen LogP contribution in [-0.4, -0.2) is 17.6 Å². The molecule has 0 saturated carbocycles. The van der Waals surface area contributed by atoms with Crippen molar-refractivity contribution in [2.24, 2.45) is 11.3 Å². The highest BCUT2D eigenvalue weighted by atomic mass is 79.9. The zero-order chi connectivity index (χ0) is 13.3. The fourth-order valence-electron chi connectivity index (χ4n) is 1.73. The van der Waals surface area contributed by atoms with Gasteiger partial charge in [0.25, 0.3) is 5.91 Å². The van der Waals surface area contributed by atoms with Gasteiger partial charge in [-0.15, -0.1) is 0 Å². The second-order valence-electron chi connectivity index (χ2n) is 4.95. The Bertz CT molecular complexity index is 476. The molecule has 1 fully saturated rings. The van der Waals surface area contributed by atoms with Gasteiger partial charge < -0.3 is 5.43 Å². The number of hydrazine groups is 1. The molecule has 1 heterocycles. The number of rotatable bonds is 3. The summed E-state index contributed by atoms with van der Waals surface area (Å²) in [6, 6.07) is 5.62. The van der Waals surface area contributed by atoms with Gasteiger partial charge in [-0.25, -0.2) is 5.06 Å². The normalized spacial score (nSPS) is 18.2. The molecule has 1 aliphatic rings. The van der Waals surface area contributed by atoms with E-state index in [-0.39, 0.29) is 5.91 Å². The predicted octanol–water partition coefficient (Wildman–Crippen LogP) is 2.03. The molecule has 18 heavy (non-hydrogen) atoms. The topological polar surface area (TPSA) is 67.6 Å². The first-order chi connectivity index (χ1) is 8.44. The quantitative estimate of drug-likeness (QED) is 0.662. The van der Waals surface area contributed by atoms with Crippen molar-refractivity contribution in [1.29, 1.82) is 0 Å². The van der Waals surface area contributed by atoms with Gasteiger partial charge in [-0.2, -0.15) is 0 Å². The van der Waals surface area contributed by atoms with E-state index < -0.39 is 5.41 Å². The minimum atomic E-state index is -0.439. The third kappa shape index (κ3) is 2.50. The lowest BCUT2D eigenvalue weighted by Gasteiger charge is -2.17. The van der Waals surface area contributed by atoms with Crippen molar-refractivity contribution in [2.75, 3.05) is 12.0 Å². The van der Waals surface area contributed by atoms with E-state index in [4.69, 9.17) is 10.7 Å². The van der Waals surface area contributed by atoms with E-state index in [9.17, 15) is 4.79 Å². The number of hydrogen-bond acceptors (Lipinski definition) is 4. The average molecular weight is 314 g/mol. The van der Waals surface area contributed by atoms with Gasteiger partial charge in [0.1, 0.15) is 0 Å². The Morgan fingerprint density at radius 3 is 2.78 bits per heavy atom. The Balaban J connectivity index is 2.13. The number of halogens is 1. The molecule has 2 rings (SSSR count). The molecule has 1 amide bonds. The molecule has 0 bridgehead atoms. The van der Waals surface area contributed by atoms with Crippen LogP contribution >= 0.6 is 15.9 Å². The van der Waals surface area contributed by atoms with Gasteiger partial charge in [-0.3, -0.25) is 15.5 Å². The highest BCUT2D eigenvalue weighted by Crippen LogP contribution is 2.30. The predicted molar refractivity (Wildman–Crippen MR) is 72.2 cm³/mol. The van der Waals surface area contributed by atoms with Crippen molar-refractivity contribution < 1.29 is 9.63 Å². The summed E-state index contributed by atoms with van der Waals surface area (Å²) in [6.07, 6.45) is 0. The molecule has 5 nitrogen and oxygen atoms in total. The van der Waals surface area contributed by atoms with Crippen molar-refractivity contribution >= 4 is 27.5 Å². The fourth-order valence-corrected chi connectivity index (χ4v) is 2.24. The van der Waals surface area contributed by atoms with E-state index in [1.807, 2.05) is 32.0 Å². The maximum Gasteiger partial charge on any atom is 0.254 e. The van der Waals surface area contributed by atoms with Crippen LogP contribution in [0.3, 0.4) is 0 Å². The minimum absolute atomic E-state index is 0.00965.